The topological polar surface area (TPSA) is 66.8 Å². The number of benzene rings is 1. The summed E-state index contributed by atoms with van der Waals surface area (Å²) in [5.74, 6) is -1.18. The average Bonchev–Trinajstić information content (AvgIpc) is 2.90. The summed E-state index contributed by atoms with van der Waals surface area (Å²) >= 11 is 17.6. The molecule has 8 heteroatoms. The fraction of sp³-hybridized carbons (Fsp3) is 0.385. The van der Waals surface area contributed by atoms with Crippen LogP contribution < -0.4 is 4.74 Å². The summed E-state index contributed by atoms with van der Waals surface area (Å²) in [5, 5.41) is 9.81. The summed E-state index contributed by atoms with van der Waals surface area (Å²) in [7, 11) is 0. The lowest BCUT2D eigenvalue weighted by molar-refractivity contribution is -0.148. The Hall–Kier alpha value is -1.17. The Bertz CT molecular complexity index is 579. The molecule has 114 valence electrons. The van der Waals surface area contributed by atoms with Crippen LogP contribution in [0, 0.1) is 0 Å². The molecule has 1 aliphatic heterocycles. The van der Waals surface area contributed by atoms with Crippen molar-refractivity contribution in [2.75, 3.05) is 13.2 Å². The molecule has 1 saturated heterocycles. The molecule has 5 nitrogen and oxygen atoms in total. The second-order valence-corrected chi connectivity index (χ2v) is 5.79. The molecule has 0 saturated carbocycles. The summed E-state index contributed by atoms with van der Waals surface area (Å²) in [5.41, 5.74) is 0. The summed E-state index contributed by atoms with van der Waals surface area (Å²) in [6.45, 7) is 0.107. The van der Waals surface area contributed by atoms with Crippen LogP contribution in [0.1, 0.15) is 12.8 Å². The second kappa shape index (κ2) is 6.73. The summed E-state index contributed by atoms with van der Waals surface area (Å²) in [6.07, 6.45) is 1.12. The number of carbonyl (C=O) groups excluding carboxylic acids is 1. The van der Waals surface area contributed by atoms with Gasteiger partial charge in [0.25, 0.3) is 5.91 Å². The van der Waals surface area contributed by atoms with Crippen molar-refractivity contribution in [3.05, 3.63) is 27.2 Å². The molecular formula is C13H12Cl3NO4. The number of carboxylic acids is 1. The van der Waals surface area contributed by atoms with Gasteiger partial charge in [-0.3, -0.25) is 4.79 Å². The van der Waals surface area contributed by atoms with Crippen LogP contribution in [0.5, 0.6) is 5.75 Å². The molecule has 0 spiro atoms. The van der Waals surface area contributed by atoms with E-state index in [2.05, 4.69) is 0 Å². The molecule has 1 fully saturated rings. The van der Waals surface area contributed by atoms with Gasteiger partial charge in [0.1, 0.15) is 11.8 Å². The molecule has 1 heterocycles. The van der Waals surface area contributed by atoms with Crippen LogP contribution in [0.2, 0.25) is 15.1 Å². The normalized spacial score (nSPS) is 17.9. The molecule has 0 aromatic heterocycles. The minimum Gasteiger partial charge on any atom is -0.482 e. The maximum Gasteiger partial charge on any atom is 0.326 e. The second-order valence-electron chi connectivity index (χ2n) is 4.57. The van der Waals surface area contributed by atoms with Crippen LogP contribution in [0.15, 0.2) is 12.1 Å². The maximum absolute atomic E-state index is 12.0. The van der Waals surface area contributed by atoms with E-state index in [4.69, 9.17) is 44.6 Å². The first kappa shape index (κ1) is 16.2. The molecule has 1 aromatic carbocycles. The quantitative estimate of drug-likeness (QED) is 0.846. The van der Waals surface area contributed by atoms with E-state index in [1.807, 2.05) is 0 Å². The smallest absolute Gasteiger partial charge is 0.326 e. The largest absolute Gasteiger partial charge is 0.482 e. The fourth-order valence-electron chi connectivity index (χ4n) is 2.16. The first-order valence-corrected chi connectivity index (χ1v) is 7.33. The van der Waals surface area contributed by atoms with Crippen LogP contribution in [0.25, 0.3) is 0 Å². The van der Waals surface area contributed by atoms with Gasteiger partial charge >= 0.3 is 5.97 Å². The molecule has 1 N–H and O–H groups in total. The van der Waals surface area contributed by atoms with E-state index in [-0.39, 0.29) is 27.4 Å². The van der Waals surface area contributed by atoms with Gasteiger partial charge in [-0.25, -0.2) is 4.79 Å². The van der Waals surface area contributed by atoms with Crippen molar-refractivity contribution in [3.63, 3.8) is 0 Å². The number of ether oxygens (including phenoxy) is 1. The third-order valence-electron chi connectivity index (χ3n) is 3.18. The summed E-state index contributed by atoms with van der Waals surface area (Å²) < 4.78 is 5.32. The van der Waals surface area contributed by atoms with Crippen LogP contribution in [0.4, 0.5) is 0 Å². The Morgan fingerprint density at radius 3 is 2.57 bits per heavy atom. The van der Waals surface area contributed by atoms with Gasteiger partial charge in [0.2, 0.25) is 0 Å². The van der Waals surface area contributed by atoms with Crippen molar-refractivity contribution >= 4 is 46.7 Å². The number of amides is 1. The van der Waals surface area contributed by atoms with E-state index >= 15 is 0 Å². The van der Waals surface area contributed by atoms with Crippen molar-refractivity contribution in [2.24, 2.45) is 0 Å². The predicted octanol–water partition coefficient (Wildman–Crippen LogP) is 3.10. The molecule has 2 rings (SSSR count). The molecule has 1 amide bonds. The predicted molar refractivity (Wildman–Crippen MR) is 79.3 cm³/mol. The zero-order chi connectivity index (χ0) is 15.6. The van der Waals surface area contributed by atoms with Crippen molar-refractivity contribution in [1.29, 1.82) is 0 Å². The molecular weight excluding hydrogens is 341 g/mol. The molecule has 21 heavy (non-hydrogen) atoms. The van der Waals surface area contributed by atoms with Crippen LogP contribution in [-0.4, -0.2) is 41.1 Å². The fourth-order valence-corrected chi connectivity index (χ4v) is 2.75. The highest BCUT2D eigenvalue weighted by molar-refractivity contribution is 6.43. The van der Waals surface area contributed by atoms with E-state index < -0.39 is 17.9 Å². The van der Waals surface area contributed by atoms with Gasteiger partial charge in [-0.05, 0) is 18.9 Å². The monoisotopic (exact) mass is 351 g/mol. The summed E-state index contributed by atoms with van der Waals surface area (Å²) in [4.78, 5) is 24.4. The third-order valence-corrected chi connectivity index (χ3v) is 4.20. The molecule has 1 aromatic rings. The van der Waals surface area contributed by atoms with Crippen LogP contribution in [0.3, 0.4) is 0 Å². The van der Waals surface area contributed by atoms with Gasteiger partial charge in [0.05, 0.1) is 15.1 Å². The lowest BCUT2D eigenvalue weighted by Gasteiger charge is -2.21. The Morgan fingerprint density at radius 2 is 1.90 bits per heavy atom. The molecule has 1 atom stereocenters. The lowest BCUT2D eigenvalue weighted by Crippen LogP contribution is -2.42. The van der Waals surface area contributed by atoms with Gasteiger partial charge in [-0.15, -0.1) is 0 Å². The third kappa shape index (κ3) is 3.73. The Labute approximate surface area is 136 Å². The molecule has 0 radical (unpaired) electrons. The number of halogens is 3. The highest BCUT2D eigenvalue weighted by atomic mass is 35.5. The minimum atomic E-state index is -1.01. The van der Waals surface area contributed by atoms with E-state index in [0.717, 1.165) is 0 Å². The summed E-state index contributed by atoms with van der Waals surface area (Å²) in [6, 6.07) is 2.05. The number of carbonyl (C=O) groups is 2. The van der Waals surface area contributed by atoms with Crippen molar-refractivity contribution in [2.45, 2.75) is 18.9 Å². The van der Waals surface area contributed by atoms with Crippen molar-refractivity contribution in [1.82, 2.24) is 4.90 Å². The van der Waals surface area contributed by atoms with E-state index in [0.29, 0.717) is 19.4 Å². The Balaban J connectivity index is 2.01. The zero-order valence-corrected chi connectivity index (χ0v) is 13.1. The standard InChI is InChI=1S/C13H12Cl3NO4/c14-7-4-9(16)11(5-8(7)15)21-6-12(18)17-3-1-2-10(17)13(19)20/h4-5,10H,1-3,6H2,(H,19,20). The van der Waals surface area contributed by atoms with Crippen LogP contribution >= 0.6 is 34.8 Å². The van der Waals surface area contributed by atoms with E-state index in [1.54, 1.807) is 0 Å². The van der Waals surface area contributed by atoms with Gasteiger partial charge in [0, 0.05) is 12.6 Å². The number of rotatable bonds is 4. The number of hydrogen-bond acceptors (Lipinski definition) is 3. The van der Waals surface area contributed by atoms with Gasteiger partial charge in [-0.2, -0.15) is 0 Å². The Kier molecular flexibility index (Phi) is 5.19. The molecule has 1 aliphatic rings. The lowest BCUT2D eigenvalue weighted by atomic mass is 10.2. The number of nitrogens with zero attached hydrogens (tertiary/aromatic N) is 1. The first-order chi connectivity index (χ1) is 9.90. The van der Waals surface area contributed by atoms with E-state index in [9.17, 15) is 9.59 Å². The number of carboxylic acid groups (broad SMARTS) is 1. The van der Waals surface area contributed by atoms with Crippen LogP contribution in [-0.2, 0) is 9.59 Å². The number of hydrogen-bond donors (Lipinski definition) is 1. The van der Waals surface area contributed by atoms with Gasteiger partial charge in [0.15, 0.2) is 6.61 Å². The van der Waals surface area contributed by atoms with Gasteiger partial charge < -0.3 is 14.7 Å². The average molecular weight is 353 g/mol. The molecule has 0 aliphatic carbocycles. The van der Waals surface area contributed by atoms with Gasteiger partial charge in [-0.1, -0.05) is 34.8 Å². The first-order valence-electron chi connectivity index (χ1n) is 6.19. The number of likely N-dealkylation sites (tertiary alicyclic amines) is 1. The van der Waals surface area contributed by atoms with Crippen molar-refractivity contribution < 1.29 is 19.4 Å². The SMILES string of the molecule is O=C(O)C1CCCN1C(=O)COc1cc(Cl)c(Cl)cc1Cl. The highest BCUT2D eigenvalue weighted by Crippen LogP contribution is 2.33. The zero-order valence-electron chi connectivity index (χ0n) is 10.8. The molecule has 0 bridgehead atoms. The maximum atomic E-state index is 12.0. The van der Waals surface area contributed by atoms with Crippen molar-refractivity contribution in [3.8, 4) is 5.75 Å². The van der Waals surface area contributed by atoms with E-state index in [1.165, 1.54) is 17.0 Å². The molecule has 1 unspecified atom stereocenters. The highest BCUT2D eigenvalue weighted by Gasteiger charge is 2.34. The number of aliphatic carboxylic acids is 1. The minimum absolute atomic E-state index is 0.227. The Morgan fingerprint density at radius 1 is 1.24 bits per heavy atom.